The largest absolute Gasteiger partial charge is 0.491 e. The topological polar surface area (TPSA) is 69.1 Å². The fourth-order valence-corrected chi connectivity index (χ4v) is 3.54. The van der Waals surface area contributed by atoms with Crippen molar-refractivity contribution in [3.05, 3.63) is 29.8 Å². The minimum absolute atomic E-state index is 0. The minimum Gasteiger partial charge on any atom is -0.491 e. The molecule has 1 saturated heterocycles. The van der Waals surface area contributed by atoms with Crippen molar-refractivity contribution in [1.29, 1.82) is 0 Å². The molecule has 0 saturated carbocycles. The average molecular weight is 518 g/mol. The van der Waals surface area contributed by atoms with Gasteiger partial charge in [-0.2, -0.15) is 0 Å². The molecular formula is C22H39IN4O2. The molecule has 1 aliphatic heterocycles. The third-order valence-electron chi connectivity index (χ3n) is 4.99. The first-order chi connectivity index (χ1) is 13.5. The van der Waals surface area contributed by atoms with Gasteiger partial charge in [0.15, 0.2) is 5.96 Å². The average Bonchev–Trinajstić information content (AvgIpc) is 2.69. The highest BCUT2D eigenvalue weighted by Gasteiger charge is 2.19. The Morgan fingerprint density at radius 2 is 2.10 bits per heavy atom. The van der Waals surface area contributed by atoms with Gasteiger partial charge >= 0.3 is 0 Å². The summed E-state index contributed by atoms with van der Waals surface area (Å²) in [6.07, 6.45) is 1.98. The highest BCUT2D eigenvalue weighted by molar-refractivity contribution is 14.0. The standard InChI is InChI=1S/C22H38N4O2.HI/c1-5-23-22(24-14-18-9-8-12-26(6-2)16-18)25-15-21(27)19-10-7-11-20(13-19)28-17(3)4;/h7,10-11,13,17-18,21,27H,5-6,8-9,12,14-16H2,1-4H3,(H2,23,24,25);1H. The molecule has 0 radical (unpaired) electrons. The van der Waals surface area contributed by atoms with E-state index in [-0.39, 0.29) is 30.1 Å². The van der Waals surface area contributed by atoms with E-state index in [1.54, 1.807) is 0 Å². The molecule has 1 aromatic carbocycles. The van der Waals surface area contributed by atoms with E-state index in [4.69, 9.17) is 4.74 Å². The number of ether oxygens (including phenoxy) is 1. The predicted octanol–water partition coefficient (Wildman–Crippen LogP) is 3.41. The van der Waals surface area contributed by atoms with Crippen molar-refractivity contribution in [3.8, 4) is 5.75 Å². The molecule has 0 amide bonds. The zero-order valence-corrected chi connectivity index (χ0v) is 20.7. The summed E-state index contributed by atoms with van der Waals surface area (Å²) in [5, 5.41) is 17.3. The molecule has 6 nitrogen and oxygen atoms in total. The number of halogens is 1. The van der Waals surface area contributed by atoms with E-state index in [1.165, 1.54) is 19.4 Å². The van der Waals surface area contributed by atoms with Crippen molar-refractivity contribution in [1.82, 2.24) is 15.5 Å². The van der Waals surface area contributed by atoms with Crippen LogP contribution >= 0.6 is 24.0 Å². The van der Waals surface area contributed by atoms with Crippen molar-refractivity contribution in [2.75, 3.05) is 39.3 Å². The van der Waals surface area contributed by atoms with Gasteiger partial charge in [-0.3, -0.25) is 4.99 Å². The molecule has 0 aromatic heterocycles. The molecule has 1 aliphatic rings. The van der Waals surface area contributed by atoms with E-state index in [0.29, 0.717) is 12.5 Å². The lowest BCUT2D eigenvalue weighted by Crippen LogP contribution is -2.44. The third-order valence-corrected chi connectivity index (χ3v) is 4.99. The van der Waals surface area contributed by atoms with Crippen LogP contribution in [-0.4, -0.2) is 61.3 Å². The van der Waals surface area contributed by atoms with Crippen molar-refractivity contribution < 1.29 is 9.84 Å². The summed E-state index contributed by atoms with van der Waals surface area (Å²) in [6.45, 7) is 13.8. The summed E-state index contributed by atoms with van der Waals surface area (Å²) in [7, 11) is 0. The molecule has 1 heterocycles. The first-order valence-electron chi connectivity index (χ1n) is 10.7. The van der Waals surface area contributed by atoms with Crippen LogP contribution in [0.2, 0.25) is 0 Å². The summed E-state index contributed by atoms with van der Waals surface area (Å²) in [5.74, 6) is 2.19. The maximum atomic E-state index is 10.6. The monoisotopic (exact) mass is 518 g/mol. The van der Waals surface area contributed by atoms with E-state index in [2.05, 4.69) is 34.4 Å². The van der Waals surface area contributed by atoms with E-state index < -0.39 is 6.10 Å². The normalized spacial score (nSPS) is 18.8. The van der Waals surface area contributed by atoms with Gasteiger partial charge in [0.05, 0.1) is 18.8 Å². The fourth-order valence-electron chi connectivity index (χ4n) is 3.54. The van der Waals surface area contributed by atoms with Crippen LogP contribution < -0.4 is 15.4 Å². The SMILES string of the molecule is CCNC(=NCC(O)c1cccc(OC(C)C)c1)NCC1CCCN(CC)C1.I. The molecule has 2 atom stereocenters. The van der Waals surface area contributed by atoms with Crippen LogP contribution in [0.1, 0.15) is 52.2 Å². The number of aliphatic hydroxyl groups is 1. The van der Waals surface area contributed by atoms with Gasteiger partial charge in [0, 0.05) is 19.6 Å². The van der Waals surface area contributed by atoms with Gasteiger partial charge in [-0.1, -0.05) is 19.1 Å². The van der Waals surface area contributed by atoms with Gasteiger partial charge < -0.3 is 25.4 Å². The predicted molar refractivity (Wildman–Crippen MR) is 131 cm³/mol. The summed E-state index contributed by atoms with van der Waals surface area (Å²) in [6, 6.07) is 7.62. The highest BCUT2D eigenvalue weighted by atomic mass is 127. The summed E-state index contributed by atoms with van der Waals surface area (Å²) < 4.78 is 5.72. The molecule has 2 rings (SSSR count). The molecule has 2 unspecified atom stereocenters. The number of rotatable bonds is 9. The molecule has 1 fully saturated rings. The maximum absolute atomic E-state index is 10.6. The molecule has 3 N–H and O–H groups in total. The molecule has 7 heteroatoms. The van der Waals surface area contributed by atoms with Crippen LogP contribution in [0.25, 0.3) is 0 Å². The van der Waals surface area contributed by atoms with Crippen LogP contribution in [0.3, 0.4) is 0 Å². The summed E-state index contributed by atoms with van der Waals surface area (Å²) in [5.41, 5.74) is 0.823. The van der Waals surface area contributed by atoms with E-state index >= 15 is 0 Å². The van der Waals surface area contributed by atoms with Crippen molar-refractivity contribution in [3.63, 3.8) is 0 Å². The minimum atomic E-state index is -0.656. The summed E-state index contributed by atoms with van der Waals surface area (Å²) >= 11 is 0. The molecule has 166 valence electrons. The number of hydrogen-bond acceptors (Lipinski definition) is 4. The Balaban J connectivity index is 0.00000420. The molecular weight excluding hydrogens is 479 g/mol. The second-order valence-corrected chi connectivity index (χ2v) is 7.76. The molecule has 0 aliphatic carbocycles. The number of nitrogens with one attached hydrogen (secondary N) is 2. The van der Waals surface area contributed by atoms with E-state index in [9.17, 15) is 5.11 Å². The first kappa shape index (κ1) is 26.0. The van der Waals surface area contributed by atoms with Crippen LogP contribution in [-0.2, 0) is 0 Å². The Kier molecular flexibility index (Phi) is 12.6. The number of guanidine groups is 1. The molecule has 29 heavy (non-hydrogen) atoms. The van der Waals surface area contributed by atoms with Crippen LogP contribution in [0, 0.1) is 5.92 Å². The molecule has 1 aromatic rings. The maximum Gasteiger partial charge on any atom is 0.191 e. The fraction of sp³-hybridized carbons (Fsp3) is 0.682. The Morgan fingerprint density at radius 3 is 2.79 bits per heavy atom. The van der Waals surface area contributed by atoms with Gasteiger partial charge in [0.25, 0.3) is 0 Å². The van der Waals surface area contributed by atoms with Crippen molar-refractivity contribution >= 4 is 29.9 Å². The van der Waals surface area contributed by atoms with Gasteiger partial charge in [-0.25, -0.2) is 0 Å². The highest BCUT2D eigenvalue weighted by Crippen LogP contribution is 2.20. The lowest BCUT2D eigenvalue weighted by atomic mass is 9.98. The number of aliphatic imine (C=N–C) groups is 1. The number of aliphatic hydroxyl groups excluding tert-OH is 1. The zero-order chi connectivity index (χ0) is 20.4. The lowest BCUT2D eigenvalue weighted by molar-refractivity contribution is 0.182. The number of hydrogen-bond donors (Lipinski definition) is 3. The Bertz CT molecular complexity index is 612. The van der Waals surface area contributed by atoms with Gasteiger partial charge in [-0.15, -0.1) is 24.0 Å². The number of benzene rings is 1. The third kappa shape index (κ3) is 9.53. The van der Waals surface area contributed by atoms with Crippen molar-refractivity contribution in [2.45, 2.75) is 52.7 Å². The van der Waals surface area contributed by atoms with Crippen molar-refractivity contribution in [2.24, 2.45) is 10.9 Å². The Hall–Kier alpha value is -1.06. The first-order valence-corrected chi connectivity index (χ1v) is 10.7. The quantitative estimate of drug-likeness (QED) is 0.266. The van der Waals surface area contributed by atoms with Gasteiger partial charge in [0.1, 0.15) is 5.75 Å². The molecule has 0 bridgehead atoms. The van der Waals surface area contributed by atoms with Crippen LogP contribution in [0.5, 0.6) is 5.75 Å². The zero-order valence-electron chi connectivity index (χ0n) is 18.4. The Labute approximate surface area is 193 Å². The second kappa shape index (κ2) is 14.0. The lowest BCUT2D eigenvalue weighted by Gasteiger charge is -2.32. The van der Waals surface area contributed by atoms with E-state index in [1.807, 2.05) is 38.1 Å². The number of nitrogens with zero attached hydrogens (tertiary/aromatic N) is 2. The Morgan fingerprint density at radius 1 is 1.31 bits per heavy atom. The van der Waals surface area contributed by atoms with Crippen LogP contribution in [0.15, 0.2) is 29.3 Å². The number of likely N-dealkylation sites (tertiary alicyclic amines) is 1. The second-order valence-electron chi connectivity index (χ2n) is 7.76. The molecule has 0 spiro atoms. The van der Waals surface area contributed by atoms with Crippen LogP contribution in [0.4, 0.5) is 0 Å². The van der Waals surface area contributed by atoms with Gasteiger partial charge in [0.2, 0.25) is 0 Å². The number of piperidine rings is 1. The van der Waals surface area contributed by atoms with E-state index in [0.717, 1.165) is 43.5 Å². The summed E-state index contributed by atoms with van der Waals surface area (Å²) in [4.78, 5) is 7.10. The smallest absolute Gasteiger partial charge is 0.191 e. The van der Waals surface area contributed by atoms with Gasteiger partial charge in [-0.05, 0) is 70.3 Å².